The van der Waals surface area contributed by atoms with Gasteiger partial charge in [0.15, 0.2) is 0 Å². The van der Waals surface area contributed by atoms with E-state index in [-0.39, 0.29) is 6.61 Å². The fourth-order valence-electron chi connectivity index (χ4n) is 2.44. The maximum atomic E-state index is 12.1. The van der Waals surface area contributed by atoms with Gasteiger partial charge in [0.25, 0.3) is 0 Å². The maximum absolute atomic E-state index is 12.1. The predicted molar refractivity (Wildman–Crippen MR) is 88.3 cm³/mol. The summed E-state index contributed by atoms with van der Waals surface area (Å²) in [7, 11) is -0.275. The summed E-state index contributed by atoms with van der Waals surface area (Å²) in [6, 6.07) is 9.96. The van der Waals surface area contributed by atoms with E-state index in [2.05, 4.69) is 25.0 Å². The molecule has 0 unspecified atom stereocenters. The van der Waals surface area contributed by atoms with Gasteiger partial charge >= 0.3 is 12.1 Å². The van der Waals surface area contributed by atoms with Crippen molar-refractivity contribution in [1.29, 1.82) is 0 Å². The van der Waals surface area contributed by atoms with Crippen molar-refractivity contribution in [2.75, 3.05) is 7.11 Å². The predicted octanol–water partition coefficient (Wildman–Crippen LogP) is 3.18. The molecule has 0 bridgehead atoms. The highest BCUT2D eigenvalue weighted by Gasteiger charge is 2.40. The van der Waals surface area contributed by atoms with E-state index in [0.717, 1.165) is 5.56 Å². The van der Waals surface area contributed by atoms with Crippen LogP contribution in [0, 0.1) is 0 Å². The first-order valence-corrected chi connectivity index (χ1v) is 10.9. The molecule has 1 atom stereocenters. The molecule has 0 aromatic heterocycles. The largest absolute Gasteiger partial charge is 0.467 e. The minimum absolute atomic E-state index is 0.164. The van der Waals surface area contributed by atoms with Crippen molar-refractivity contribution in [2.24, 2.45) is 0 Å². The highest BCUT2D eigenvalue weighted by atomic mass is 28.3. The summed E-state index contributed by atoms with van der Waals surface area (Å²) in [4.78, 5) is 24.1. The summed E-state index contributed by atoms with van der Waals surface area (Å²) in [6.07, 6.45) is -0.616. The Morgan fingerprint density at radius 2 is 1.77 bits per heavy atom. The summed E-state index contributed by atoms with van der Waals surface area (Å²) in [5.74, 6) is -0.452. The first kappa shape index (κ1) is 18.2. The van der Waals surface area contributed by atoms with Gasteiger partial charge in [-0.3, -0.25) is 0 Å². The molecular weight excluding hydrogens is 298 g/mol. The minimum atomic E-state index is -1.60. The number of esters is 1. The number of rotatable bonds is 6. The van der Waals surface area contributed by atoms with Gasteiger partial charge in [0.1, 0.15) is 12.1 Å². The summed E-state index contributed by atoms with van der Waals surface area (Å²) in [5, 5.41) is 2.67. The lowest BCUT2D eigenvalue weighted by molar-refractivity contribution is -0.146. The van der Waals surface area contributed by atoms with Crippen molar-refractivity contribution in [2.45, 2.75) is 44.8 Å². The Hall–Kier alpha value is -1.82. The number of carbonyl (C=O) groups excluding carboxylic acids is 2. The molecule has 0 aliphatic heterocycles. The number of ether oxygens (including phenoxy) is 2. The van der Waals surface area contributed by atoms with E-state index in [0.29, 0.717) is 6.04 Å². The minimum Gasteiger partial charge on any atom is -0.467 e. The van der Waals surface area contributed by atoms with Crippen LogP contribution in [0.25, 0.3) is 0 Å². The fraction of sp³-hybridized carbons (Fsp3) is 0.500. The first-order valence-electron chi connectivity index (χ1n) is 7.23. The second-order valence-electron chi connectivity index (χ2n) is 6.75. The van der Waals surface area contributed by atoms with Crippen molar-refractivity contribution in [1.82, 2.24) is 5.32 Å². The Morgan fingerprint density at radius 3 is 2.27 bits per heavy atom. The van der Waals surface area contributed by atoms with Gasteiger partial charge in [-0.05, 0) is 18.5 Å². The van der Waals surface area contributed by atoms with Gasteiger partial charge in [0.2, 0.25) is 0 Å². The maximum Gasteiger partial charge on any atom is 0.408 e. The van der Waals surface area contributed by atoms with E-state index in [1.54, 1.807) is 6.92 Å². The number of carbonyl (C=O) groups is 2. The van der Waals surface area contributed by atoms with Crippen LogP contribution in [0.4, 0.5) is 4.79 Å². The average Bonchev–Trinajstić information content (AvgIpc) is 2.43. The summed E-state index contributed by atoms with van der Waals surface area (Å²) >= 11 is 0. The molecule has 6 heteroatoms. The SMILES string of the molecule is COC(=O)[C@@](C)(C[Si](C)(C)C)NC(=O)OCc1ccccc1. The molecule has 5 nitrogen and oxygen atoms in total. The number of nitrogens with one attached hydrogen (secondary N) is 1. The lowest BCUT2D eigenvalue weighted by atomic mass is 10.1. The molecule has 0 heterocycles. The van der Waals surface area contributed by atoms with Gasteiger partial charge in [0, 0.05) is 8.07 Å². The zero-order valence-electron chi connectivity index (χ0n) is 13.9. The number of methoxy groups -OCH3 is 1. The molecule has 1 aromatic rings. The molecule has 0 spiro atoms. The molecule has 0 radical (unpaired) electrons. The molecule has 0 fully saturated rings. The van der Waals surface area contributed by atoms with E-state index in [4.69, 9.17) is 9.47 Å². The van der Waals surface area contributed by atoms with Gasteiger partial charge in [-0.1, -0.05) is 50.0 Å². The topological polar surface area (TPSA) is 64.6 Å². The number of hydrogen-bond donors (Lipinski definition) is 1. The lowest BCUT2D eigenvalue weighted by Gasteiger charge is -2.32. The van der Waals surface area contributed by atoms with Gasteiger partial charge in [0.05, 0.1) is 7.11 Å². The quantitative estimate of drug-likeness (QED) is 0.645. The summed E-state index contributed by atoms with van der Waals surface area (Å²) in [6.45, 7) is 8.24. The normalized spacial score (nSPS) is 13.9. The molecule has 0 saturated heterocycles. The zero-order chi connectivity index (χ0) is 16.8. The Morgan fingerprint density at radius 1 is 1.18 bits per heavy atom. The standard InChI is InChI=1S/C16H25NO4Si/c1-16(14(18)20-2,12-22(3,4)5)17-15(19)21-11-13-9-7-6-8-10-13/h6-10H,11-12H2,1-5H3,(H,17,19)/t16-/m1/s1. The van der Waals surface area contributed by atoms with E-state index >= 15 is 0 Å². The summed E-state index contributed by atoms with van der Waals surface area (Å²) in [5.41, 5.74) is -0.171. The third-order valence-corrected chi connectivity index (χ3v) is 4.88. The van der Waals surface area contributed by atoms with Crippen molar-refractivity contribution in [3.8, 4) is 0 Å². The van der Waals surface area contributed by atoms with Crippen molar-refractivity contribution in [3.63, 3.8) is 0 Å². The second kappa shape index (κ2) is 7.44. The van der Waals surface area contributed by atoms with Gasteiger partial charge in [-0.15, -0.1) is 0 Å². The van der Waals surface area contributed by atoms with Crippen molar-refractivity contribution >= 4 is 20.1 Å². The molecule has 1 amide bonds. The second-order valence-corrected chi connectivity index (χ2v) is 12.2. The number of hydrogen-bond acceptors (Lipinski definition) is 4. The molecule has 0 aliphatic rings. The van der Waals surface area contributed by atoms with Gasteiger partial charge < -0.3 is 14.8 Å². The highest BCUT2D eigenvalue weighted by molar-refractivity contribution is 6.76. The van der Waals surface area contributed by atoms with Gasteiger partial charge in [-0.25, -0.2) is 9.59 Å². The third kappa shape index (κ3) is 5.89. The van der Waals surface area contributed by atoms with Crippen LogP contribution in [0.1, 0.15) is 12.5 Å². The monoisotopic (exact) mass is 323 g/mol. The van der Waals surface area contributed by atoms with Gasteiger partial charge in [-0.2, -0.15) is 0 Å². The average molecular weight is 323 g/mol. The van der Waals surface area contributed by atoms with Crippen LogP contribution in [0.3, 0.4) is 0 Å². The molecule has 1 aromatic carbocycles. The van der Waals surface area contributed by atoms with Crippen LogP contribution in [-0.4, -0.2) is 32.8 Å². The van der Waals surface area contributed by atoms with Crippen LogP contribution >= 0.6 is 0 Å². The molecule has 0 aliphatic carbocycles. The smallest absolute Gasteiger partial charge is 0.408 e. The molecular formula is C16H25NO4Si. The fourth-order valence-corrected chi connectivity index (χ4v) is 4.79. The molecule has 1 rings (SSSR count). The van der Waals surface area contributed by atoms with E-state index in [9.17, 15) is 9.59 Å². The van der Waals surface area contributed by atoms with Crippen LogP contribution in [0.5, 0.6) is 0 Å². The van der Waals surface area contributed by atoms with E-state index in [1.165, 1.54) is 7.11 Å². The van der Waals surface area contributed by atoms with Crippen molar-refractivity contribution in [3.05, 3.63) is 35.9 Å². The molecule has 122 valence electrons. The highest BCUT2D eigenvalue weighted by Crippen LogP contribution is 2.22. The first-order chi connectivity index (χ1) is 10.2. The number of benzene rings is 1. The van der Waals surface area contributed by atoms with Crippen molar-refractivity contribution < 1.29 is 19.1 Å². The van der Waals surface area contributed by atoms with E-state index < -0.39 is 25.7 Å². The molecule has 0 saturated carbocycles. The van der Waals surface area contributed by atoms with Crippen LogP contribution in [-0.2, 0) is 20.9 Å². The van der Waals surface area contributed by atoms with Crippen LogP contribution in [0.15, 0.2) is 30.3 Å². The van der Waals surface area contributed by atoms with Crippen LogP contribution < -0.4 is 5.32 Å². The molecule has 22 heavy (non-hydrogen) atoms. The third-order valence-electron chi connectivity index (χ3n) is 3.11. The Balaban J connectivity index is 2.69. The zero-order valence-corrected chi connectivity index (χ0v) is 14.9. The number of alkyl carbamates (subject to hydrolysis) is 1. The summed E-state index contributed by atoms with van der Waals surface area (Å²) < 4.78 is 10.0. The lowest BCUT2D eigenvalue weighted by Crippen LogP contribution is -2.56. The molecule has 1 N–H and O–H groups in total. The number of amides is 1. The van der Waals surface area contributed by atoms with E-state index in [1.807, 2.05) is 30.3 Å². The Kier molecular flexibility index (Phi) is 6.17. The Labute approximate surface area is 133 Å². The van der Waals surface area contributed by atoms with Crippen LogP contribution in [0.2, 0.25) is 25.7 Å². The Bertz CT molecular complexity index is 513.